The van der Waals surface area contributed by atoms with Gasteiger partial charge in [0.25, 0.3) is 5.91 Å². The Morgan fingerprint density at radius 1 is 1.20 bits per heavy atom. The molecule has 1 aliphatic heterocycles. The van der Waals surface area contributed by atoms with E-state index in [1.165, 1.54) is 5.56 Å². The number of hydrogen-bond acceptors (Lipinski definition) is 3. The summed E-state index contributed by atoms with van der Waals surface area (Å²) in [5, 5.41) is 0. The number of carbonyl (C=O) groups excluding carboxylic acids is 1. The highest BCUT2D eigenvalue weighted by atomic mass is 16.5. The molecule has 0 aliphatic carbocycles. The van der Waals surface area contributed by atoms with Crippen LogP contribution in [0.1, 0.15) is 30.9 Å². The highest BCUT2D eigenvalue weighted by molar-refractivity contribution is 6.10. The second-order valence-electron chi connectivity index (χ2n) is 6.36. The summed E-state index contributed by atoms with van der Waals surface area (Å²) < 4.78 is 5.84. The van der Waals surface area contributed by atoms with Crippen molar-refractivity contribution < 1.29 is 9.53 Å². The number of anilines is 2. The molecule has 1 amide bonds. The number of hydrogen-bond donors (Lipinski definition) is 1. The van der Waals surface area contributed by atoms with Crippen molar-refractivity contribution in [3.05, 3.63) is 72.0 Å². The second kappa shape index (κ2) is 6.85. The zero-order valence-corrected chi connectivity index (χ0v) is 14.5. The second-order valence-corrected chi connectivity index (χ2v) is 6.36. The van der Waals surface area contributed by atoms with Gasteiger partial charge < -0.3 is 10.5 Å². The molecule has 2 aromatic rings. The maximum Gasteiger partial charge on any atom is 0.294 e. The molecule has 0 saturated heterocycles. The van der Waals surface area contributed by atoms with E-state index in [1.807, 2.05) is 12.1 Å². The monoisotopic (exact) mass is 334 g/mol. The largest absolute Gasteiger partial charge is 0.449 e. The van der Waals surface area contributed by atoms with Crippen LogP contribution in [0.3, 0.4) is 0 Å². The molecule has 2 N–H and O–H groups in total. The van der Waals surface area contributed by atoms with E-state index < -0.39 is 0 Å². The minimum Gasteiger partial charge on any atom is -0.449 e. The van der Waals surface area contributed by atoms with Crippen LogP contribution in [0, 0.1) is 0 Å². The molecule has 0 atom stereocenters. The molecule has 0 spiro atoms. The summed E-state index contributed by atoms with van der Waals surface area (Å²) in [5.41, 5.74) is 9.32. The summed E-state index contributed by atoms with van der Waals surface area (Å²) in [6.07, 6.45) is 3.45. The Morgan fingerprint density at radius 3 is 2.56 bits per heavy atom. The number of fused-ring (bicyclic) bond motifs is 1. The smallest absolute Gasteiger partial charge is 0.294 e. The summed E-state index contributed by atoms with van der Waals surface area (Å²) in [4.78, 5) is 14.4. The third kappa shape index (κ3) is 3.43. The molecule has 3 rings (SSSR count). The fourth-order valence-corrected chi connectivity index (χ4v) is 2.77. The fourth-order valence-electron chi connectivity index (χ4n) is 2.77. The van der Waals surface area contributed by atoms with Crippen LogP contribution in [0.4, 0.5) is 11.4 Å². The Balaban J connectivity index is 1.98. The molecule has 25 heavy (non-hydrogen) atoms. The Bertz CT molecular complexity index is 835. The highest BCUT2D eigenvalue weighted by Gasteiger charge is 2.29. The van der Waals surface area contributed by atoms with Crippen molar-refractivity contribution in [3.63, 3.8) is 0 Å². The summed E-state index contributed by atoms with van der Waals surface area (Å²) in [6, 6.07) is 13.4. The molecule has 2 aromatic carbocycles. The molecule has 1 aliphatic rings. The van der Waals surface area contributed by atoms with Crippen LogP contribution < -0.4 is 15.4 Å². The van der Waals surface area contributed by atoms with E-state index in [-0.39, 0.29) is 11.7 Å². The minimum absolute atomic E-state index is 0.190. The van der Waals surface area contributed by atoms with E-state index >= 15 is 0 Å². The molecule has 0 bridgehead atoms. The van der Waals surface area contributed by atoms with Crippen molar-refractivity contribution >= 4 is 23.4 Å². The molecule has 128 valence electrons. The van der Waals surface area contributed by atoms with E-state index in [9.17, 15) is 4.79 Å². The van der Waals surface area contributed by atoms with Crippen LogP contribution >= 0.6 is 0 Å². The Hall–Kier alpha value is -3.01. The molecule has 0 unspecified atom stereocenters. The van der Waals surface area contributed by atoms with E-state index in [2.05, 4.69) is 32.6 Å². The highest BCUT2D eigenvalue weighted by Crippen LogP contribution is 2.37. The van der Waals surface area contributed by atoms with Crippen LogP contribution in [-0.4, -0.2) is 12.5 Å². The van der Waals surface area contributed by atoms with Gasteiger partial charge in [0, 0.05) is 18.3 Å². The third-order valence-electron chi connectivity index (χ3n) is 4.16. The first-order valence-electron chi connectivity index (χ1n) is 8.31. The molecule has 4 nitrogen and oxygen atoms in total. The molecule has 0 fully saturated rings. The quantitative estimate of drug-likeness (QED) is 0.514. The van der Waals surface area contributed by atoms with Crippen molar-refractivity contribution in [1.82, 2.24) is 0 Å². The lowest BCUT2D eigenvalue weighted by Gasteiger charge is -2.29. The van der Waals surface area contributed by atoms with Crippen molar-refractivity contribution in [3.8, 4) is 5.75 Å². The third-order valence-corrected chi connectivity index (χ3v) is 4.16. The number of benzene rings is 2. The average Bonchev–Trinajstić information content (AvgIpc) is 2.59. The normalized spacial score (nSPS) is 15.2. The summed E-state index contributed by atoms with van der Waals surface area (Å²) in [6.45, 7) is 8.44. The zero-order chi connectivity index (χ0) is 18.0. The maximum atomic E-state index is 12.8. The average molecular weight is 334 g/mol. The van der Waals surface area contributed by atoms with Gasteiger partial charge in [0.1, 0.15) is 0 Å². The number of ether oxygens (including phenoxy) is 1. The predicted octanol–water partition coefficient (Wildman–Crippen LogP) is 4.34. The first-order chi connectivity index (χ1) is 12.0. The summed E-state index contributed by atoms with van der Waals surface area (Å²) >= 11 is 0. The van der Waals surface area contributed by atoms with Gasteiger partial charge in [-0.15, -0.1) is 6.58 Å². The molecule has 0 aromatic heterocycles. The lowest BCUT2D eigenvalue weighted by molar-refractivity contribution is -0.117. The van der Waals surface area contributed by atoms with Gasteiger partial charge in [-0.2, -0.15) is 0 Å². The number of nitrogens with zero attached hydrogens (tertiary/aromatic N) is 1. The molecule has 1 heterocycles. The van der Waals surface area contributed by atoms with Crippen LogP contribution in [0.5, 0.6) is 5.75 Å². The predicted molar refractivity (Wildman–Crippen MR) is 103 cm³/mol. The van der Waals surface area contributed by atoms with Crippen molar-refractivity contribution in [2.45, 2.75) is 19.8 Å². The first kappa shape index (κ1) is 16.8. The van der Waals surface area contributed by atoms with E-state index in [0.717, 1.165) is 5.56 Å². The number of nitrogen functional groups attached to an aromatic ring is 1. The van der Waals surface area contributed by atoms with Gasteiger partial charge in [0.15, 0.2) is 11.5 Å². The van der Waals surface area contributed by atoms with Crippen LogP contribution in [-0.2, 0) is 4.79 Å². The fraction of sp³-hybridized carbons (Fsp3) is 0.190. The molecule has 0 saturated carbocycles. The van der Waals surface area contributed by atoms with Crippen molar-refractivity contribution in [2.75, 3.05) is 17.2 Å². The number of rotatable bonds is 4. The standard InChI is InChI=1S/C21H22N2O2/c1-4-11-23-18-10-9-17(22)13-19(18)25-20(21(23)24)12-15-5-7-16(8-6-15)14(2)3/h4-10,12-14H,1,11,22H2,2-3H3/b20-12+. The van der Waals surface area contributed by atoms with E-state index in [4.69, 9.17) is 10.5 Å². The molecular formula is C21H22N2O2. The first-order valence-corrected chi connectivity index (χ1v) is 8.31. The van der Waals surface area contributed by atoms with E-state index in [1.54, 1.807) is 35.3 Å². The van der Waals surface area contributed by atoms with Gasteiger partial charge in [0.2, 0.25) is 0 Å². The van der Waals surface area contributed by atoms with Crippen molar-refractivity contribution in [2.24, 2.45) is 0 Å². The molecule has 4 heteroatoms. The Kier molecular flexibility index (Phi) is 4.61. The minimum atomic E-state index is -0.190. The van der Waals surface area contributed by atoms with Gasteiger partial charge in [-0.3, -0.25) is 9.69 Å². The van der Waals surface area contributed by atoms with Gasteiger partial charge in [-0.05, 0) is 35.3 Å². The van der Waals surface area contributed by atoms with Crippen LogP contribution in [0.15, 0.2) is 60.9 Å². The van der Waals surface area contributed by atoms with Gasteiger partial charge in [-0.25, -0.2) is 0 Å². The summed E-state index contributed by atoms with van der Waals surface area (Å²) in [7, 11) is 0. The SMILES string of the molecule is C=CCN1C(=O)/C(=C\c2ccc(C(C)C)cc2)Oc2cc(N)ccc21. The van der Waals surface area contributed by atoms with Crippen LogP contribution in [0.25, 0.3) is 6.08 Å². The number of amides is 1. The van der Waals surface area contributed by atoms with Crippen LogP contribution in [0.2, 0.25) is 0 Å². The number of carbonyl (C=O) groups is 1. The Labute approximate surface area is 148 Å². The summed E-state index contributed by atoms with van der Waals surface area (Å²) in [5.74, 6) is 1.13. The van der Waals surface area contributed by atoms with Gasteiger partial charge in [0.05, 0.1) is 5.69 Å². The van der Waals surface area contributed by atoms with Gasteiger partial charge >= 0.3 is 0 Å². The number of nitrogens with two attached hydrogens (primary N) is 1. The lowest BCUT2D eigenvalue weighted by Crippen LogP contribution is -2.37. The van der Waals surface area contributed by atoms with Gasteiger partial charge in [-0.1, -0.05) is 44.2 Å². The maximum absolute atomic E-state index is 12.8. The molecular weight excluding hydrogens is 312 g/mol. The Morgan fingerprint density at radius 2 is 1.92 bits per heavy atom. The zero-order valence-electron chi connectivity index (χ0n) is 14.5. The molecule has 0 radical (unpaired) electrons. The lowest BCUT2D eigenvalue weighted by atomic mass is 10.0. The van der Waals surface area contributed by atoms with E-state index in [0.29, 0.717) is 29.6 Å². The topological polar surface area (TPSA) is 55.6 Å². The van der Waals surface area contributed by atoms with Crippen molar-refractivity contribution in [1.29, 1.82) is 0 Å².